The quantitative estimate of drug-likeness (QED) is 0.410. The van der Waals surface area contributed by atoms with Crippen LogP contribution in [0.5, 0.6) is 0 Å². The molecule has 0 saturated heterocycles. The Morgan fingerprint density at radius 3 is 1.62 bits per heavy atom. The van der Waals surface area contributed by atoms with Crippen LogP contribution in [0, 0.1) is 0 Å². The third-order valence-electron chi connectivity index (χ3n) is 0.496. The SMILES string of the molecule is CN(C)C[Si](F)(F)F. The van der Waals surface area contributed by atoms with Crippen LogP contribution in [0.3, 0.4) is 0 Å². The molecule has 0 aromatic rings. The van der Waals surface area contributed by atoms with E-state index in [0.717, 1.165) is 4.90 Å². The fourth-order valence-electron chi connectivity index (χ4n) is 0.359. The summed E-state index contributed by atoms with van der Waals surface area (Å²) >= 11 is 0. The first-order valence-electron chi connectivity index (χ1n) is 2.13. The van der Waals surface area contributed by atoms with Gasteiger partial charge in [-0.25, -0.2) is 12.3 Å². The Hall–Kier alpha value is -0.0331. The molecular formula is C3H8F3NSi. The summed E-state index contributed by atoms with van der Waals surface area (Å²) in [7, 11) is -2.46. The molecule has 0 aliphatic heterocycles. The van der Waals surface area contributed by atoms with E-state index in [1.54, 1.807) is 0 Å². The zero-order chi connectivity index (χ0) is 6.78. The van der Waals surface area contributed by atoms with Crippen molar-refractivity contribution in [2.75, 3.05) is 20.3 Å². The van der Waals surface area contributed by atoms with E-state index in [2.05, 4.69) is 0 Å². The van der Waals surface area contributed by atoms with E-state index in [4.69, 9.17) is 0 Å². The number of hydrogen-bond acceptors (Lipinski definition) is 1. The zero-order valence-electron chi connectivity index (χ0n) is 4.79. The number of halogens is 3. The molecule has 0 radical (unpaired) electrons. The molecule has 0 saturated carbocycles. The summed E-state index contributed by atoms with van der Waals surface area (Å²) in [6.07, 6.45) is -0.701. The lowest BCUT2D eigenvalue weighted by molar-refractivity contribution is 0.376. The minimum Gasteiger partial charge on any atom is -0.305 e. The Kier molecular flexibility index (Phi) is 2.49. The second-order valence-corrected chi connectivity index (χ2v) is 3.40. The largest absolute Gasteiger partial charge is 0.630 e. The summed E-state index contributed by atoms with van der Waals surface area (Å²) in [4.78, 5) is 1.15. The number of nitrogens with zero attached hydrogens (tertiary/aromatic N) is 1. The number of rotatable bonds is 2. The van der Waals surface area contributed by atoms with Gasteiger partial charge in [0.1, 0.15) is 0 Å². The molecule has 0 aliphatic carbocycles. The van der Waals surface area contributed by atoms with Crippen LogP contribution in [0.1, 0.15) is 0 Å². The van der Waals surface area contributed by atoms with Gasteiger partial charge in [-0.3, -0.25) is 0 Å². The van der Waals surface area contributed by atoms with Crippen molar-refractivity contribution in [1.29, 1.82) is 0 Å². The predicted molar refractivity (Wildman–Crippen MR) is 27.6 cm³/mol. The summed E-state index contributed by atoms with van der Waals surface area (Å²) in [5.41, 5.74) is 0. The molecule has 1 nitrogen and oxygen atoms in total. The first kappa shape index (κ1) is 7.97. The Labute approximate surface area is 47.6 Å². The maximum atomic E-state index is 11.4. The second kappa shape index (κ2) is 2.50. The molecular weight excluding hydrogens is 135 g/mol. The third kappa shape index (κ3) is 5.97. The molecule has 0 bridgehead atoms. The molecule has 0 amide bonds. The molecule has 0 aliphatic rings. The summed E-state index contributed by atoms with van der Waals surface area (Å²) in [6, 6.07) is 0. The molecule has 8 heavy (non-hydrogen) atoms. The highest BCUT2D eigenvalue weighted by atomic mass is 28.5. The molecule has 0 rings (SSSR count). The van der Waals surface area contributed by atoms with Crippen LogP contribution >= 0.6 is 0 Å². The van der Waals surface area contributed by atoms with Gasteiger partial charge in [0.2, 0.25) is 0 Å². The molecule has 0 fully saturated rings. The van der Waals surface area contributed by atoms with Crippen molar-refractivity contribution in [2.24, 2.45) is 0 Å². The summed E-state index contributed by atoms with van der Waals surface area (Å²) < 4.78 is 34.2. The fraction of sp³-hybridized carbons (Fsp3) is 1.00. The van der Waals surface area contributed by atoms with Crippen LogP contribution in [0.25, 0.3) is 0 Å². The summed E-state index contributed by atoms with van der Waals surface area (Å²) in [6.45, 7) is 0. The molecule has 0 unspecified atom stereocenters. The smallest absolute Gasteiger partial charge is 0.305 e. The standard InChI is InChI=1S/C3H8F3NSi/c1-7(2)3-8(4,5)6/h3H2,1-2H3. The number of hydrogen-bond donors (Lipinski definition) is 0. The predicted octanol–water partition coefficient (Wildman–Crippen LogP) is 0.935. The maximum absolute atomic E-state index is 11.4. The van der Waals surface area contributed by atoms with Gasteiger partial charge in [-0.2, -0.15) is 0 Å². The Morgan fingerprint density at radius 2 is 1.62 bits per heavy atom. The maximum Gasteiger partial charge on any atom is 0.630 e. The molecule has 0 spiro atoms. The zero-order valence-corrected chi connectivity index (χ0v) is 5.79. The average Bonchev–Trinajstić information content (AvgIpc) is 1.21. The Balaban J connectivity index is 3.39. The Bertz CT molecular complexity index is 69.4. The lowest BCUT2D eigenvalue weighted by atomic mass is 11.0. The van der Waals surface area contributed by atoms with Crippen LogP contribution in [-0.2, 0) is 0 Å². The topological polar surface area (TPSA) is 3.24 Å². The van der Waals surface area contributed by atoms with Crippen LogP contribution in [0.2, 0.25) is 0 Å². The highest BCUT2D eigenvalue weighted by Crippen LogP contribution is 2.07. The molecule has 0 heterocycles. The van der Waals surface area contributed by atoms with Crippen LogP contribution in [0.4, 0.5) is 12.3 Å². The van der Waals surface area contributed by atoms with Gasteiger partial charge in [-0.15, -0.1) is 0 Å². The van der Waals surface area contributed by atoms with Gasteiger partial charge in [0.05, 0.1) is 6.17 Å². The van der Waals surface area contributed by atoms with Crippen molar-refractivity contribution in [3.63, 3.8) is 0 Å². The van der Waals surface area contributed by atoms with Crippen molar-refractivity contribution in [1.82, 2.24) is 4.90 Å². The van der Waals surface area contributed by atoms with Gasteiger partial charge in [0, 0.05) is 0 Å². The van der Waals surface area contributed by atoms with E-state index < -0.39 is 15.2 Å². The van der Waals surface area contributed by atoms with Crippen LogP contribution < -0.4 is 0 Å². The first-order valence-corrected chi connectivity index (χ1v) is 3.97. The first-order chi connectivity index (χ1) is 3.42. The minimum atomic E-state index is -5.29. The van der Waals surface area contributed by atoms with Gasteiger partial charge in [0.25, 0.3) is 0 Å². The van der Waals surface area contributed by atoms with Crippen molar-refractivity contribution in [3.05, 3.63) is 0 Å². The van der Waals surface area contributed by atoms with E-state index in [9.17, 15) is 12.3 Å². The lowest BCUT2D eigenvalue weighted by Gasteiger charge is -2.08. The molecule has 0 aromatic heterocycles. The Morgan fingerprint density at radius 1 is 1.25 bits per heavy atom. The van der Waals surface area contributed by atoms with E-state index in [1.165, 1.54) is 14.1 Å². The fourth-order valence-corrected chi connectivity index (χ4v) is 1.08. The van der Waals surface area contributed by atoms with Crippen LogP contribution in [0.15, 0.2) is 0 Å². The van der Waals surface area contributed by atoms with Gasteiger partial charge in [-0.05, 0) is 14.1 Å². The van der Waals surface area contributed by atoms with Crippen molar-refractivity contribution in [3.8, 4) is 0 Å². The van der Waals surface area contributed by atoms with Gasteiger partial charge in [-0.1, -0.05) is 0 Å². The van der Waals surface area contributed by atoms with Gasteiger partial charge in [0.15, 0.2) is 0 Å². The van der Waals surface area contributed by atoms with E-state index in [1.807, 2.05) is 0 Å². The molecule has 50 valence electrons. The lowest BCUT2D eigenvalue weighted by Crippen LogP contribution is -2.32. The molecule has 5 heteroatoms. The highest BCUT2D eigenvalue weighted by molar-refractivity contribution is 6.58. The van der Waals surface area contributed by atoms with E-state index in [0.29, 0.717) is 0 Å². The summed E-state index contributed by atoms with van der Waals surface area (Å²) in [5.74, 6) is 0. The molecule has 0 aromatic carbocycles. The monoisotopic (exact) mass is 143 g/mol. The van der Waals surface area contributed by atoms with E-state index in [-0.39, 0.29) is 0 Å². The van der Waals surface area contributed by atoms with Gasteiger partial charge >= 0.3 is 9.08 Å². The van der Waals surface area contributed by atoms with Crippen molar-refractivity contribution < 1.29 is 12.3 Å². The molecule has 0 atom stereocenters. The van der Waals surface area contributed by atoms with Gasteiger partial charge < -0.3 is 4.90 Å². The summed E-state index contributed by atoms with van der Waals surface area (Å²) in [5, 5.41) is 0. The minimum absolute atomic E-state index is 0.701. The highest BCUT2D eigenvalue weighted by Gasteiger charge is 2.36. The molecule has 0 N–H and O–H groups in total. The van der Waals surface area contributed by atoms with E-state index >= 15 is 0 Å². The third-order valence-corrected chi connectivity index (χ3v) is 1.49. The van der Waals surface area contributed by atoms with Crippen LogP contribution in [-0.4, -0.2) is 34.2 Å². The average molecular weight is 143 g/mol. The second-order valence-electron chi connectivity index (χ2n) is 1.85. The van der Waals surface area contributed by atoms with Crippen molar-refractivity contribution >= 4 is 9.08 Å². The normalized spacial score (nSPS) is 12.8. The van der Waals surface area contributed by atoms with Crippen molar-refractivity contribution in [2.45, 2.75) is 0 Å².